The van der Waals surface area contributed by atoms with Gasteiger partial charge in [-0.25, -0.2) is 0 Å². The summed E-state index contributed by atoms with van der Waals surface area (Å²) >= 11 is 0. The van der Waals surface area contributed by atoms with Crippen LogP contribution in [0.5, 0.6) is 0 Å². The molecule has 1 rings (SSSR count). The Bertz CT molecular complexity index is 161. The second-order valence-corrected chi connectivity index (χ2v) is 3.89. The van der Waals surface area contributed by atoms with Crippen molar-refractivity contribution < 1.29 is 0 Å². The van der Waals surface area contributed by atoms with Gasteiger partial charge in [0.15, 0.2) is 0 Å². The molecule has 0 aromatic carbocycles. The first kappa shape index (κ1) is 9.75. The van der Waals surface area contributed by atoms with Gasteiger partial charge in [0.25, 0.3) is 0 Å². The van der Waals surface area contributed by atoms with Crippen molar-refractivity contribution in [3.8, 4) is 0 Å². The predicted octanol–water partition coefficient (Wildman–Crippen LogP) is 1.38. The van der Waals surface area contributed by atoms with Crippen LogP contribution in [-0.4, -0.2) is 31.1 Å². The van der Waals surface area contributed by atoms with Crippen molar-refractivity contribution in [2.75, 3.05) is 20.1 Å². The van der Waals surface area contributed by atoms with E-state index in [0.717, 1.165) is 13.0 Å². The van der Waals surface area contributed by atoms with E-state index >= 15 is 0 Å². The lowest BCUT2D eigenvalue weighted by Crippen LogP contribution is -2.24. The van der Waals surface area contributed by atoms with Crippen LogP contribution in [0, 0.1) is 0 Å². The summed E-state index contributed by atoms with van der Waals surface area (Å²) < 4.78 is 0. The van der Waals surface area contributed by atoms with Crippen LogP contribution in [0.25, 0.3) is 0 Å². The van der Waals surface area contributed by atoms with E-state index in [-0.39, 0.29) is 0 Å². The molecule has 1 atom stereocenters. The van der Waals surface area contributed by atoms with Gasteiger partial charge in [0.2, 0.25) is 0 Å². The molecule has 0 aliphatic carbocycles. The lowest BCUT2D eigenvalue weighted by molar-refractivity contribution is 0.355. The Morgan fingerprint density at radius 1 is 1.67 bits per heavy atom. The third-order valence-electron chi connectivity index (χ3n) is 2.43. The van der Waals surface area contributed by atoms with Crippen molar-refractivity contribution in [2.45, 2.75) is 32.2 Å². The SMILES string of the molecule is CC(N)CCC1=CCN(C)CC1. The fourth-order valence-electron chi connectivity index (χ4n) is 1.45. The largest absolute Gasteiger partial charge is 0.328 e. The zero-order valence-corrected chi connectivity index (χ0v) is 8.21. The molecule has 1 heterocycles. The molecule has 0 saturated heterocycles. The number of hydrogen-bond donors (Lipinski definition) is 1. The minimum absolute atomic E-state index is 0.352. The molecule has 2 N–H and O–H groups in total. The maximum Gasteiger partial charge on any atom is 0.0162 e. The second kappa shape index (κ2) is 4.63. The highest BCUT2D eigenvalue weighted by Gasteiger charge is 2.07. The standard InChI is InChI=1S/C10H20N2/c1-9(11)3-4-10-5-7-12(2)8-6-10/h5,9H,3-4,6-8,11H2,1-2H3. The van der Waals surface area contributed by atoms with Crippen LogP contribution >= 0.6 is 0 Å². The number of likely N-dealkylation sites (N-methyl/N-ethyl adjacent to an activating group) is 1. The Morgan fingerprint density at radius 3 is 2.92 bits per heavy atom. The van der Waals surface area contributed by atoms with E-state index < -0.39 is 0 Å². The average Bonchev–Trinajstić information content (AvgIpc) is 2.03. The molecule has 0 saturated carbocycles. The number of hydrogen-bond acceptors (Lipinski definition) is 2. The van der Waals surface area contributed by atoms with Gasteiger partial charge < -0.3 is 10.6 Å². The number of nitrogens with two attached hydrogens (primary N) is 1. The summed E-state index contributed by atoms with van der Waals surface area (Å²) in [6.45, 7) is 4.41. The van der Waals surface area contributed by atoms with Gasteiger partial charge in [0, 0.05) is 19.1 Å². The molecule has 70 valence electrons. The van der Waals surface area contributed by atoms with Crippen molar-refractivity contribution in [3.63, 3.8) is 0 Å². The quantitative estimate of drug-likeness (QED) is 0.645. The molecule has 0 radical (unpaired) electrons. The monoisotopic (exact) mass is 168 g/mol. The molecule has 12 heavy (non-hydrogen) atoms. The van der Waals surface area contributed by atoms with Crippen molar-refractivity contribution in [3.05, 3.63) is 11.6 Å². The van der Waals surface area contributed by atoms with E-state index in [1.54, 1.807) is 5.57 Å². The van der Waals surface area contributed by atoms with E-state index in [1.807, 2.05) is 0 Å². The normalized spacial score (nSPS) is 22.1. The molecule has 0 aromatic rings. The Hall–Kier alpha value is -0.340. The van der Waals surface area contributed by atoms with Crippen LogP contribution < -0.4 is 5.73 Å². The third kappa shape index (κ3) is 3.37. The molecule has 1 unspecified atom stereocenters. The van der Waals surface area contributed by atoms with Gasteiger partial charge in [0.05, 0.1) is 0 Å². The van der Waals surface area contributed by atoms with Crippen LogP contribution in [0.1, 0.15) is 26.2 Å². The smallest absolute Gasteiger partial charge is 0.0162 e. The topological polar surface area (TPSA) is 29.3 Å². The predicted molar refractivity (Wildman–Crippen MR) is 53.1 cm³/mol. The number of rotatable bonds is 3. The summed E-state index contributed by atoms with van der Waals surface area (Å²) in [5, 5.41) is 0. The van der Waals surface area contributed by atoms with E-state index in [9.17, 15) is 0 Å². The molecule has 0 fully saturated rings. The van der Waals surface area contributed by atoms with Gasteiger partial charge in [0.1, 0.15) is 0 Å². The van der Waals surface area contributed by atoms with Gasteiger partial charge in [-0.1, -0.05) is 11.6 Å². The summed E-state index contributed by atoms with van der Waals surface area (Å²) in [6, 6.07) is 0.352. The van der Waals surface area contributed by atoms with Gasteiger partial charge in [-0.2, -0.15) is 0 Å². The maximum atomic E-state index is 5.70. The highest BCUT2D eigenvalue weighted by atomic mass is 15.1. The van der Waals surface area contributed by atoms with Gasteiger partial charge >= 0.3 is 0 Å². The first-order valence-corrected chi connectivity index (χ1v) is 4.80. The first-order valence-electron chi connectivity index (χ1n) is 4.80. The lowest BCUT2D eigenvalue weighted by Gasteiger charge is -2.22. The van der Waals surface area contributed by atoms with E-state index in [1.165, 1.54) is 19.4 Å². The zero-order chi connectivity index (χ0) is 8.97. The van der Waals surface area contributed by atoms with Gasteiger partial charge in [-0.3, -0.25) is 0 Å². The summed E-state index contributed by atoms with van der Waals surface area (Å²) in [4.78, 5) is 2.34. The van der Waals surface area contributed by atoms with Crippen LogP contribution in [0.15, 0.2) is 11.6 Å². The number of nitrogens with zero attached hydrogens (tertiary/aromatic N) is 1. The Morgan fingerprint density at radius 2 is 2.42 bits per heavy atom. The Kier molecular flexibility index (Phi) is 3.76. The first-order chi connectivity index (χ1) is 5.68. The molecular weight excluding hydrogens is 148 g/mol. The van der Waals surface area contributed by atoms with E-state index in [0.29, 0.717) is 6.04 Å². The van der Waals surface area contributed by atoms with Crippen molar-refractivity contribution >= 4 is 0 Å². The zero-order valence-electron chi connectivity index (χ0n) is 8.21. The van der Waals surface area contributed by atoms with Gasteiger partial charge in [-0.15, -0.1) is 0 Å². The lowest BCUT2D eigenvalue weighted by atomic mass is 10.0. The minimum Gasteiger partial charge on any atom is -0.328 e. The fraction of sp³-hybridized carbons (Fsp3) is 0.800. The highest BCUT2D eigenvalue weighted by molar-refractivity contribution is 5.07. The Balaban J connectivity index is 2.24. The van der Waals surface area contributed by atoms with Crippen LogP contribution in [-0.2, 0) is 0 Å². The van der Waals surface area contributed by atoms with E-state index in [2.05, 4.69) is 24.9 Å². The van der Waals surface area contributed by atoms with Crippen molar-refractivity contribution in [1.29, 1.82) is 0 Å². The molecule has 2 nitrogen and oxygen atoms in total. The molecule has 0 spiro atoms. The molecular formula is C10H20N2. The van der Waals surface area contributed by atoms with Crippen LogP contribution in [0.2, 0.25) is 0 Å². The summed E-state index contributed by atoms with van der Waals surface area (Å²) in [5.74, 6) is 0. The molecule has 1 aliphatic rings. The summed E-state index contributed by atoms with van der Waals surface area (Å²) in [5.41, 5.74) is 7.30. The Labute approximate surface area is 75.4 Å². The second-order valence-electron chi connectivity index (χ2n) is 3.89. The van der Waals surface area contributed by atoms with Gasteiger partial charge in [-0.05, 0) is 33.2 Å². The minimum atomic E-state index is 0.352. The highest BCUT2D eigenvalue weighted by Crippen LogP contribution is 2.15. The van der Waals surface area contributed by atoms with Crippen molar-refractivity contribution in [2.24, 2.45) is 5.73 Å². The van der Waals surface area contributed by atoms with Crippen molar-refractivity contribution in [1.82, 2.24) is 4.90 Å². The molecule has 0 aromatic heterocycles. The molecule has 0 bridgehead atoms. The molecule has 0 amide bonds. The van der Waals surface area contributed by atoms with Crippen LogP contribution in [0.3, 0.4) is 0 Å². The summed E-state index contributed by atoms with van der Waals surface area (Å²) in [6.07, 6.45) is 5.93. The molecule has 2 heteroatoms. The fourth-order valence-corrected chi connectivity index (χ4v) is 1.45. The molecule has 1 aliphatic heterocycles. The average molecular weight is 168 g/mol. The van der Waals surface area contributed by atoms with E-state index in [4.69, 9.17) is 5.73 Å². The third-order valence-corrected chi connectivity index (χ3v) is 2.43. The van der Waals surface area contributed by atoms with Crippen LogP contribution in [0.4, 0.5) is 0 Å². The summed E-state index contributed by atoms with van der Waals surface area (Å²) in [7, 11) is 2.17. The maximum absolute atomic E-state index is 5.70.